The highest BCUT2D eigenvalue weighted by molar-refractivity contribution is 7.17. The van der Waals surface area contributed by atoms with E-state index in [0.29, 0.717) is 23.4 Å². The molecule has 0 spiro atoms. The zero-order valence-electron chi connectivity index (χ0n) is 17.8. The molecule has 3 fully saturated rings. The lowest BCUT2D eigenvalue weighted by molar-refractivity contribution is -0.165. The van der Waals surface area contributed by atoms with Gasteiger partial charge in [0.25, 0.3) is 17.7 Å². The maximum atomic E-state index is 13.5. The highest BCUT2D eigenvalue weighted by Crippen LogP contribution is 2.65. The van der Waals surface area contributed by atoms with E-state index >= 15 is 0 Å². The molecule has 1 N–H and O–H groups in total. The molecule has 168 valence electrons. The minimum atomic E-state index is -2.89. The molecule has 2 saturated heterocycles. The second kappa shape index (κ2) is 6.04. The van der Waals surface area contributed by atoms with Gasteiger partial charge in [0.05, 0.1) is 36.8 Å². The zero-order chi connectivity index (χ0) is 22.6. The van der Waals surface area contributed by atoms with E-state index in [4.69, 9.17) is 9.47 Å². The lowest BCUT2D eigenvalue weighted by atomic mass is 9.66. The van der Waals surface area contributed by atoms with Crippen molar-refractivity contribution in [3.63, 3.8) is 0 Å². The second-order valence-electron chi connectivity index (χ2n) is 9.74. The summed E-state index contributed by atoms with van der Waals surface area (Å²) in [7, 11) is 0. The Kier molecular flexibility index (Phi) is 4.05. The van der Waals surface area contributed by atoms with Gasteiger partial charge < -0.3 is 19.7 Å². The van der Waals surface area contributed by atoms with Crippen LogP contribution in [0.3, 0.4) is 0 Å². The number of anilines is 1. The normalized spacial score (nSPS) is 34.3. The summed E-state index contributed by atoms with van der Waals surface area (Å²) in [6.07, 6.45) is 0.541. The van der Waals surface area contributed by atoms with Gasteiger partial charge in [0.2, 0.25) is 0 Å². The fourth-order valence-electron chi connectivity index (χ4n) is 5.38. The van der Waals surface area contributed by atoms with E-state index in [1.165, 1.54) is 11.3 Å². The summed E-state index contributed by atoms with van der Waals surface area (Å²) in [6.45, 7) is 6.30. The van der Waals surface area contributed by atoms with E-state index < -0.39 is 53.2 Å². The third-order valence-electron chi connectivity index (χ3n) is 7.92. The van der Waals surface area contributed by atoms with Crippen LogP contribution in [0.25, 0.3) is 0 Å². The summed E-state index contributed by atoms with van der Waals surface area (Å²) in [5, 5.41) is 3.13. The lowest BCUT2D eigenvalue weighted by Crippen LogP contribution is -2.58. The maximum absolute atomic E-state index is 13.5. The molecule has 3 atom stereocenters. The number of ether oxygens (including phenoxy) is 2. The maximum Gasteiger partial charge on any atom is 0.313 e. The average Bonchev–Trinajstić information content (AvgIpc) is 3.29. The molecule has 2 amide bonds. The minimum absolute atomic E-state index is 0.202. The van der Waals surface area contributed by atoms with Crippen LogP contribution in [0.2, 0.25) is 0 Å². The van der Waals surface area contributed by atoms with Crippen molar-refractivity contribution in [2.24, 2.45) is 10.8 Å². The molecule has 3 aliphatic heterocycles. The quantitative estimate of drug-likeness (QED) is 0.707. The Morgan fingerprint density at radius 3 is 2.42 bits per heavy atom. The van der Waals surface area contributed by atoms with Crippen molar-refractivity contribution in [1.82, 2.24) is 4.90 Å². The van der Waals surface area contributed by atoms with Crippen LogP contribution in [-0.4, -0.2) is 47.3 Å². The van der Waals surface area contributed by atoms with Crippen LogP contribution in [0.4, 0.5) is 13.8 Å². The van der Waals surface area contributed by atoms with Gasteiger partial charge in [-0.05, 0) is 26.7 Å². The van der Waals surface area contributed by atoms with Crippen LogP contribution in [0.15, 0.2) is 0 Å². The highest BCUT2D eigenvalue weighted by atomic mass is 32.1. The SMILES string of the molecule is CC1OCc2sc(NC(=O)C34CCC(C)(C(=O)O3)C4(C)C)c(C(=O)N3CC(F)(F)C3)c21. The van der Waals surface area contributed by atoms with Crippen LogP contribution in [0, 0.1) is 10.8 Å². The van der Waals surface area contributed by atoms with Crippen molar-refractivity contribution in [2.75, 3.05) is 18.4 Å². The number of amides is 2. The van der Waals surface area contributed by atoms with E-state index in [-0.39, 0.29) is 18.3 Å². The summed E-state index contributed by atoms with van der Waals surface area (Å²) < 4.78 is 38.0. The number of carbonyl (C=O) groups is 3. The van der Waals surface area contributed by atoms with Gasteiger partial charge in [-0.1, -0.05) is 13.8 Å². The van der Waals surface area contributed by atoms with Crippen molar-refractivity contribution >= 4 is 34.1 Å². The molecule has 7 nitrogen and oxygen atoms in total. The van der Waals surface area contributed by atoms with Crippen molar-refractivity contribution in [1.29, 1.82) is 0 Å². The number of thiophene rings is 1. The number of fused-ring (bicyclic) bond motifs is 3. The average molecular weight is 454 g/mol. The number of alkyl halides is 2. The fourth-order valence-corrected chi connectivity index (χ4v) is 6.57. The van der Waals surface area contributed by atoms with Gasteiger partial charge in [-0.2, -0.15) is 0 Å². The first-order valence-corrected chi connectivity index (χ1v) is 11.1. The molecule has 10 heteroatoms. The monoisotopic (exact) mass is 454 g/mol. The predicted octanol–water partition coefficient (Wildman–Crippen LogP) is 3.49. The van der Waals surface area contributed by atoms with Crippen LogP contribution in [0.5, 0.6) is 0 Å². The number of nitrogens with one attached hydrogen (secondary N) is 1. The molecule has 1 aliphatic carbocycles. The summed E-state index contributed by atoms with van der Waals surface area (Å²) in [5.74, 6) is -4.32. The first-order valence-electron chi connectivity index (χ1n) is 10.3. The van der Waals surface area contributed by atoms with E-state index in [0.717, 1.165) is 9.78 Å². The van der Waals surface area contributed by atoms with Crippen LogP contribution in [0.1, 0.15) is 67.4 Å². The van der Waals surface area contributed by atoms with Crippen LogP contribution >= 0.6 is 11.3 Å². The Morgan fingerprint density at radius 1 is 1.19 bits per heavy atom. The van der Waals surface area contributed by atoms with Gasteiger partial charge in [0.1, 0.15) is 5.00 Å². The van der Waals surface area contributed by atoms with E-state index in [1.54, 1.807) is 6.92 Å². The van der Waals surface area contributed by atoms with Gasteiger partial charge in [0.15, 0.2) is 5.60 Å². The van der Waals surface area contributed by atoms with E-state index in [1.807, 2.05) is 20.8 Å². The molecule has 1 saturated carbocycles. The number of carbonyl (C=O) groups excluding carboxylic acids is 3. The fraction of sp³-hybridized carbons (Fsp3) is 0.667. The number of rotatable bonds is 3. The predicted molar refractivity (Wildman–Crippen MR) is 107 cm³/mol. The van der Waals surface area contributed by atoms with Crippen LogP contribution < -0.4 is 5.32 Å². The molecular formula is C21H24F2N2O5S. The molecule has 2 bridgehead atoms. The molecule has 0 radical (unpaired) electrons. The van der Waals surface area contributed by atoms with Gasteiger partial charge in [-0.15, -0.1) is 11.3 Å². The lowest BCUT2D eigenvalue weighted by Gasteiger charge is -2.39. The highest BCUT2D eigenvalue weighted by Gasteiger charge is 2.75. The van der Waals surface area contributed by atoms with E-state index in [2.05, 4.69) is 5.32 Å². The minimum Gasteiger partial charge on any atom is -0.448 e. The number of nitrogens with zero attached hydrogens (tertiary/aromatic N) is 1. The Bertz CT molecular complexity index is 1030. The molecular weight excluding hydrogens is 430 g/mol. The Morgan fingerprint density at radius 2 is 1.87 bits per heavy atom. The molecule has 4 heterocycles. The molecule has 3 unspecified atom stereocenters. The third-order valence-corrected chi connectivity index (χ3v) is 9.01. The van der Waals surface area contributed by atoms with Crippen molar-refractivity contribution in [2.45, 2.75) is 64.8 Å². The molecule has 4 aliphatic rings. The molecule has 1 aromatic rings. The summed E-state index contributed by atoms with van der Waals surface area (Å²) in [6, 6.07) is 0. The molecule has 1 aromatic heterocycles. The summed E-state index contributed by atoms with van der Waals surface area (Å²) in [5.41, 5.74) is -1.99. The smallest absolute Gasteiger partial charge is 0.313 e. The molecule has 0 aromatic carbocycles. The largest absolute Gasteiger partial charge is 0.448 e. The summed E-state index contributed by atoms with van der Waals surface area (Å²) in [4.78, 5) is 41.0. The summed E-state index contributed by atoms with van der Waals surface area (Å²) >= 11 is 1.21. The number of halogens is 2. The Labute approximate surface area is 182 Å². The van der Waals surface area contributed by atoms with Gasteiger partial charge in [0, 0.05) is 15.9 Å². The first-order chi connectivity index (χ1) is 14.3. The Hall–Kier alpha value is -2.07. The van der Waals surface area contributed by atoms with Crippen molar-refractivity contribution in [3.05, 3.63) is 16.0 Å². The standard InChI is InChI=1S/C21H24F2N2O5S/c1-10-12-11(7-29-10)31-14(13(12)15(26)25-8-20(22,23)9-25)24-16(27)21-6-5-19(4,17(28)30-21)18(21,2)3/h10H,5-9H2,1-4H3,(H,24,27). The van der Waals surface area contributed by atoms with E-state index in [9.17, 15) is 23.2 Å². The number of likely N-dealkylation sites (tertiary alicyclic amines) is 1. The number of esters is 1. The second-order valence-corrected chi connectivity index (χ2v) is 10.8. The molecule has 31 heavy (non-hydrogen) atoms. The number of hydrogen-bond donors (Lipinski definition) is 1. The van der Waals surface area contributed by atoms with Crippen molar-refractivity contribution < 1.29 is 32.6 Å². The third kappa shape index (κ3) is 2.49. The van der Waals surface area contributed by atoms with Crippen LogP contribution in [-0.2, 0) is 25.7 Å². The Balaban J connectivity index is 1.50. The van der Waals surface area contributed by atoms with Crippen molar-refractivity contribution in [3.8, 4) is 0 Å². The first kappa shape index (κ1) is 20.8. The van der Waals surface area contributed by atoms with Gasteiger partial charge in [-0.3, -0.25) is 14.4 Å². The zero-order valence-corrected chi connectivity index (χ0v) is 18.6. The molecule has 5 rings (SSSR count). The van der Waals surface area contributed by atoms with Gasteiger partial charge in [-0.25, -0.2) is 8.78 Å². The van der Waals surface area contributed by atoms with Gasteiger partial charge >= 0.3 is 5.97 Å². The number of hydrogen-bond acceptors (Lipinski definition) is 6. The topological polar surface area (TPSA) is 84.9 Å².